The second-order valence-corrected chi connectivity index (χ2v) is 13.9. The van der Waals surface area contributed by atoms with Gasteiger partial charge in [0.05, 0.1) is 42.9 Å². The highest BCUT2D eigenvalue weighted by Crippen LogP contribution is 2.44. The molecule has 0 aromatic carbocycles. The summed E-state index contributed by atoms with van der Waals surface area (Å²) in [5.74, 6) is -7.06. The van der Waals surface area contributed by atoms with Gasteiger partial charge in [-0.2, -0.15) is 5.10 Å². The molecule has 2 saturated carbocycles. The summed E-state index contributed by atoms with van der Waals surface area (Å²) in [7, 11) is 5.27. The number of aromatic nitrogens is 5. The first kappa shape index (κ1) is 33.3. The number of fused-ring (bicyclic) bond motifs is 1. The SMILES string of the molecule is BC1(B)NC(=O)N(C(COC2CC2)c2cnn3cc(C(NC(=O)c4nonc4CC)C4CCC(F)(F)CC4)nc3c2)C(B)(B)C1(F)F. The zero-order valence-corrected chi connectivity index (χ0v) is 27.0. The Morgan fingerprint density at radius 3 is 2.51 bits per heavy atom. The zero-order chi connectivity index (χ0) is 33.9. The fourth-order valence-corrected chi connectivity index (χ4v) is 6.78. The third-order valence-electron chi connectivity index (χ3n) is 9.81. The van der Waals surface area contributed by atoms with E-state index in [-0.39, 0.29) is 50.0 Å². The molecular weight excluding hydrogens is 620 g/mol. The first-order valence-electron chi connectivity index (χ1n) is 16.0. The molecule has 2 aliphatic carbocycles. The normalized spacial score (nSPS) is 23.3. The molecule has 0 radical (unpaired) electrons. The van der Waals surface area contributed by atoms with E-state index in [1.807, 2.05) is 0 Å². The van der Waals surface area contributed by atoms with Crippen molar-refractivity contribution in [2.45, 2.75) is 92.6 Å². The quantitative estimate of drug-likeness (QED) is 0.224. The summed E-state index contributed by atoms with van der Waals surface area (Å²) >= 11 is 0. The molecule has 3 aromatic heterocycles. The van der Waals surface area contributed by atoms with Crippen LogP contribution in [-0.2, 0) is 11.2 Å². The Morgan fingerprint density at radius 1 is 1.15 bits per heavy atom. The Hall–Kier alpha value is -3.56. The standard InChI is InChI=1S/C27H36B4F4N8O4/c1-2-16-21(41-47-40-16)22(44)38-20(13-5-7-24(32,33)8-6-13)17-11-42-19(37-17)9-14(10-36-42)18(12-46-15-3-4-15)43-23(45)39-26(28,29)25(34,35)27(43,30)31/h9-11,13,15,18,20H,2-8,12,28-31H2,1H3,(H,38,44)(H,39,45). The van der Waals surface area contributed by atoms with Gasteiger partial charge in [-0.15, -0.1) is 0 Å². The van der Waals surface area contributed by atoms with Crippen LogP contribution < -0.4 is 10.6 Å². The number of nitrogens with one attached hydrogen (secondary N) is 2. The van der Waals surface area contributed by atoms with Crippen LogP contribution in [0.15, 0.2) is 23.1 Å². The molecule has 2 unspecified atom stereocenters. The molecular formula is C27H36B4F4N8O4. The number of carbonyl (C=O) groups excluding carboxylic acids is 2. The summed E-state index contributed by atoms with van der Waals surface area (Å²) in [6.07, 6.45) is 4.78. The highest BCUT2D eigenvalue weighted by Gasteiger charge is 2.65. The number of hydrogen-bond donors (Lipinski definition) is 2. The van der Waals surface area contributed by atoms with Crippen LogP contribution in [0.25, 0.3) is 5.65 Å². The molecule has 248 valence electrons. The van der Waals surface area contributed by atoms with Crippen molar-refractivity contribution in [2.24, 2.45) is 5.92 Å². The Balaban J connectivity index is 1.35. The van der Waals surface area contributed by atoms with Crippen molar-refractivity contribution < 1.29 is 36.5 Å². The molecule has 0 spiro atoms. The molecule has 47 heavy (non-hydrogen) atoms. The van der Waals surface area contributed by atoms with E-state index in [2.05, 4.69) is 26.0 Å². The summed E-state index contributed by atoms with van der Waals surface area (Å²) in [6.45, 7) is 1.76. The van der Waals surface area contributed by atoms with Gasteiger partial charge in [0, 0.05) is 29.1 Å². The molecule has 0 bridgehead atoms. The summed E-state index contributed by atoms with van der Waals surface area (Å²) in [5, 5.41) is 13.7. The van der Waals surface area contributed by atoms with Crippen LogP contribution >= 0.6 is 0 Å². The Bertz CT molecular complexity index is 1660. The fraction of sp³-hybridized carbons (Fsp3) is 0.630. The summed E-state index contributed by atoms with van der Waals surface area (Å²) in [5.41, 5.74) is 1.48. The van der Waals surface area contributed by atoms with E-state index in [9.17, 15) is 18.4 Å². The highest BCUT2D eigenvalue weighted by molar-refractivity contribution is 6.48. The maximum absolute atomic E-state index is 15.9. The van der Waals surface area contributed by atoms with Gasteiger partial charge in [-0.25, -0.2) is 36.5 Å². The fourth-order valence-electron chi connectivity index (χ4n) is 6.78. The highest BCUT2D eigenvalue weighted by atomic mass is 19.3. The number of nitrogens with zero attached hydrogens (tertiary/aromatic N) is 6. The molecule has 3 amide bonds. The third kappa shape index (κ3) is 6.13. The molecule has 3 fully saturated rings. The molecule has 12 nitrogen and oxygen atoms in total. The Kier molecular flexibility index (Phi) is 8.40. The van der Waals surface area contributed by atoms with Crippen molar-refractivity contribution in [3.05, 3.63) is 41.1 Å². The largest absolute Gasteiger partial charge is 0.376 e. The van der Waals surface area contributed by atoms with E-state index in [0.717, 1.165) is 17.7 Å². The topological polar surface area (TPSA) is 140 Å². The maximum Gasteiger partial charge on any atom is 0.316 e. The Morgan fingerprint density at radius 2 is 1.85 bits per heavy atom. The van der Waals surface area contributed by atoms with Crippen molar-refractivity contribution >= 4 is 49.0 Å². The molecule has 2 atom stereocenters. The van der Waals surface area contributed by atoms with Crippen LogP contribution in [0.3, 0.4) is 0 Å². The maximum atomic E-state index is 15.9. The van der Waals surface area contributed by atoms with Crippen LogP contribution in [0.5, 0.6) is 0 Å². The lowest BCUT2D eigenvalue weighted by molar-refractivity contribution is -0.109. The number of rotatable bonds is 10. The average molecular weight is 656 g/mol. The van der Waals surface area contributed by atoms with E-state index < -0.39 is 46.5 Å². The van der Waals surface area contributed by atoms with Crippen molar-refractivity contribution in [1.29, 1.82) is 0 Å². The second-order valence-electron chi connectivity index (χ2n) is 13.9. The molecule has 1 saturated heterocycles. The van der Waals surface area contributed by atoms with Crippen LogP contribution in [0, 0.1) is 5.92 Å². The number of ether oxygens (including phenoxy) is 1. The van der Waals surface area contributed by atoms with E-state index in [4.69, 9.17) is 14.3 Å². The van der Waals surface area contributed by atoms with Crippen LogP contribution in [0.1, 0.15) is 85.0 Å². The van der Waals surface area contributed by atoms with Crippen molar-refractivity contribution in [3.8, 4) is 0 Å². The molecule has 1 aliphatic heterocycles. The van der Waals surface area contributed by atoms with Crippen molar-refractivity contribution in [3.63, 3.8) is 0 Å². The lowest BCUT2D eigenvalue weighted by atomic mass is 9.43. The number of hydrogen-bond acceptors (Lipinski definition) is 8. The van der Waals surface area contributed by atoms with Crippen molar-refractivity contribution in [2.75, 3.05) is 6.61 Å². The molecule has 2 N–H and O–H groups in total. The number of imidazole rings is 1. The van der Waals surface area contributed by atoms with Gasteiger partial charge >= 0.3 is 6.03 Å². The summed E-state index contributed by atoms with van der Waals surface area (Å²) in [6, 6.07) is -0.728. The minimum absolute atomic E-state index is 0.00345. The number of carbonyl (C=O) groups is 2. The van der Waals surface area contributed by atoms with E-state index in [0.29, 0.717) is 29.0 Å². The van der Waals surface area contributed by atoms with E-state index in [1.54, 1.807) is 19.2 Å². The van der Waals surface area contributed by atoms with Gasteiger partial charge < -0.3 is 20.3 Å². The predicted octanol–water partition coefficient (Wildman–Crippen LogP) is -0.308. The number of alkyl halides is 4. The lowest BCUT2D eigenvalue weighted by Crippen LogP contribution is -2.83. The Labute approximate surface area is 272 Å². The number of aryl methyl sites for hydroxylation is 1. The molecule has 4 heterocycles. The number of urea groups is 1. The first-order valence-corrected chi connectivity index (χ1v) is 16.0. The zero-order valence-electron chi connectivity index (χ0n) is 27.0. The van der Waals surface area contributed by atoms with Crippen LogP contribution in [0.4, 0.5) is 22.4 Å². The molecule has 20 heteroatoms. The second kappa shape index (κ2) is 11.8. The summed E-state index contributed by atoms with van der Waals surface area (Å²) in [4.78, 5) is 32.7. The van der Waals surface area contributed by atoms with Gasteiger partial charge in [0.25, 0.3) is 11.8 Å². The van der Waals surface area contributed by atoms with Crippen molar-refractivity contribution in [1.82, 2.24) is 40.4 Å². The minimum Gasteiger partial charge on any atom is -0.376 e. The number of halogens is 4. The van der Waals surface area contributed by atoms with Gasteiger partial charge in [0.15, 0.2) is 11.3 Å². The molecule has 6 rings (SSSR count). The molecule has 3 aliphatic rings. The lowest BCUT2D eigenvalue weighted by Gasteiger charge is -2.57. The predicted molar refractivity (Wildman–Crippen MR) is 170 cm³/mol. The van der Waals surface area contributed by atoms with Gasteiger partial charge in [0.2, 0.25) is 5.92 Å². The van der Waals surface area contributed by atoms with E-state index >= 15 is 8.78 Å². The average Bonchev–Trinajstić information content (AvgIpc) is 3.52. The number of amides is 3. The smallest absolute Gasteiger partial charge is 0.316 e. The first-order chi connectivity index (χ1) is 22.0. The van der Waals surface area contributed by atoms with Crippen LogP contribution in [-0.4, -0.2) is 108 Å². The van der Waals surface area contributed by atoms with Gasteiger partial charge in [-0.3, -0.25) is 4.79 Å². The monoisotopic (exact) mass is 656 g/mol. The van der Waals surface area contributed by atoms with Gasteiger partial charge in [-0.05, 0) is 49.2 Å². The minimum atomic E-state index is -3.33. The summed E-state index contributed by atoms with van der Waals surface area (Å²) < 4.78 is 72.2. The molecule has 3 aromatic rings. The van der Waals surface area contributed by atoms with E-state index in [1.165, 1.54) is 42.1 Å². The van der Waals surface area contributed by atoms with Crippen LogP contribution in [0.2, 0.25) is 0 Å². The third-order valence-corrected chi connectivity index (χ3v) is 9.81. The van der Waals surface area contributed by atoms with Gasteiger partial charge in [-0.1, -0.05) is 12.1 Å². The van der Waals surface area contributed by atoms with Gasteiger partial charge in [0.1, 0.15) is 37.1 Å².